The van der Waals surface area contributed by atoms with Crippen LogP contribution in [-0.2, 0) is 4.74 Å². The van der Waals surface area contributed by atoms with E-state index in [1.807, 2.05) is 18.2 Å². The van der Waals surface area contributed by atoms with E-state index in [1.54, 1.807) is 0 Å². The first-order valence-corrected chi connectivity index (χ1v) is 19.1. The van der Waals surface area contributed by atoms with Gasteiger partial charge in [0.15, 0.2) is 0 Å². The van der Waals surface area contributed by atoms with Gasteiger partial charge in [-0.3, -0.25) is 0 Å². The zero-order valence-corrected chi connectivity index (χ0v) is 25.4. The molecule has 7 heteroatoms. The molecule has 1 fully saturated rings. The summed E-state index contributed by atoms with van der Waals surface area (Å²) in [5.41, 5.74) is 3.99. The number of carbonyl (C=O) groups excluding carboxylic acids is 2. The summed E-state index contributed by atoms with van der Waals surface area (Å²) < 4.78 is 9.30. The number of para-hydroxylation sites is 2. The molecule has 3 aromatic carbocycles. The number of ether oxygens (including phenoxy) is 1. The average molecular weight is 656 g/mol. The van der Waals surface area contributed by atoms with Crippen LogP contribution in [0.4, 0.5) is 15.9 Å². The number of allylic oxidation sites excluding steroid dienone is 1. The minimum atomic E-state index is -1.92. The second-order valence-corrected chi connectivity index (χ2v) is 18.8. The van der Waals surface area contributed by atoms with Gasteiger partial charge in [-0.15, -0.1) is 0 Å². The van der Waals surface area contributed by atoms with Crippen molar-refractivity contribution in [3.8, 4) is 0 Å². The van der Waals surface area contributed by atoms with E-state index in [-0.39, 0.29) is 40.6 Å². The third-order valence-electron chi connectivity index (χ3n) is 8.36. The van der Waals surface area contributed by atoms with Crippen LogP contribution in [-0.4, -0.2) is 61.9 Å². The number of anilines is 3. The van der Waals surface area contributed by atoms with E-state index in [1.165, 1.54) is 30.6 Å². The first-order valence-electron chi connectivity index (χ1n) is 13.1. The Labute approximate surface area is 239 Å². The van der Waals surface area contributed by atoms with Crippen LogP contribution in [0, 0.1) is 0 Å². The molecule has 1 aliphatic carbocycles. The van der Waals surface area contributed by atoms with Crippen molar-refractivity contribution in [2.45, 2.75) is 12.1 Å². The van der Waals surface area contributed by atoms with Crippen LogP contribution in [0.1, 0.15) is 25.2 Å². The molecular weight excluding hydrogens is 632 g/mol. The molecule has 4 nitrogen and oxygen atoms in total. The SMILES string of the molecule is O=C1/C(=C\c2ccc(N3c4ccccc4[Si]4(CCOCC4)c4ccccc43)[se]2)C(=O)c2cc3[se]ccc3cc21. The van der Waals surface area contributed by atoms with Gasteiger partial charge in [-0.05, 0) is 0 Å². The fourth-order valence-corrected chi connectivity index (χ4v) is 15.1. The molecule has 0 atom stereocenters. The molecule has 1 saturated heterocycles. The van der Waals surface area contributed by atoms with E-state index in [2.05, 4.69) is 76.6 Å². The molecule has 8 rings (SSSR count). The van der Waals surface area contributed by atoms with Gasteiger partial charge in [-0.25, -0.2) is 0 Å². The van der Waals surface area contributed by atoms with Crippen molar-refractivity contribution < 1.29 is 14.3 Å². The van der Waals surface area contributed by atoms with Gasteiger partial charge < -0.3 is 0 Å². The molecule has 4 heterocycles. The van der Waals surface area contributed by atoms with Gasteiger partial charge in [-0.2, -0.15) is 0 Å². The second-order valence-electron chi connectivity index (χ2n) is 10.3. The summed E-state index contributed by atoms with van der Waals surface area (Å²) in [4.78, 5) is 31.2. The summed E-state index contributed by atoms with van der Waals surface area (Å²) >= 11 is 0.196. The van der Waals surface area contributed by atoms with Crippen LogP contribution in [0.25, 0.3) is 15.7 Å². The normalized spacial score (nSPS) is 18.6. The Morgan fingerprint density at radius 3 is 2.18 bits per heavy atom. The van der Waals surface area contributed by atoms with Gasteiger partial charge in [0.1, 0.15) is 0 Å². The molecule has 0 radical (unpaired) electrons. The second kappa shape index (κ2) is 9.00. The number of hydrogen-bond acceptors (Lipinski definition) is 4. The zero-order valence-electron chi connectivity index (χ0n) is 21.0. The molecule has 3 aliphatic rings. The molecule has 190 valence electrons. The standard InChI is InChI=1S/C32H23NO3Se2Si/c34-31-22-17-20-11-14-37-27(20)19-23(22)32(35)24(31)18-21-9-10-30(38-21)33-25-5-1-3-7-28(25)39(15-12-36-13-16-39)29-8-4-2-6-26(29)33/h1-11,14,17-19H,12-13,15-16H2/b24-18+. The first-order chi connectivity index (χ1) is 19.1. The number of rotatable bonds is 2. The minimum absolute atomic E-state index is 0.0438. The molecule has 2 aliphatic heterocycles. The van der Waals surface area contributed by atoms with E-state index in [9.17, 15) is 9.59 Å². The Hall–Kier alpha value is -3.02. The van der Waals surface area contributed by atoms with Gasteiger partial charge in [0, 0.05) is 0 Å². The van der Waals surface area contributed by atoms with Crippen LogP contribution >= 0.6 is 0 Å². The van der Waals surface area contributed by atoms with Crippen molar-refractivity contribution in [2.75, 3.05) is 18.1 Å². The Morgan fingerprint density at radius 2 is 1.46 bits per heavy atom. The van der Waals surface area contributed by atoms with E-state index in [0.29, 0.717) is 16.7 Å². The predicted octanol–water partition coefficient (Wildman–Crippen LogP) is 4.79. The third kappa shape index (κ3) is 3.52. The van der Waals surface area contributed by atoms with Crippen molar-refractivity contribution in [3.63, 3.8) is 0 Å². The van der Waals surface area contributed by atoms with E-state index >= 15 is 0 Å². The molecule has 0 N–H and O–H groups in total. The van der Waals surface area contributed by atoms with Gasteiger partial charge in [0.25, 0.3) is 0 Å². The van der Waals surface area contributed by atoms with Crippen molar-refractivity contribution >= 4 is 90.7 Å². The number of carbonyl (C=O) groups is 2. The number of hydrogen-bond donors (Lipinski definition) is 0. The van der Waals surface area contributed by atoms with Crippen LogP contribution < -0.4 is 15.3 Å². The Morgan fingerprint density at radius 1 is 0.795 bits per heavy atom. The van der Waals surface area contributed by atoms with Gasteiger partial charge >= 0.3 is 240 Å². The summed E-state index contributed by atoms with van der Waals surface area (Å²) in [6.45, 7) is 1.65. The summed E-state index contributed by atoms with van der Waals surface area (Å²) in [7, 11) is -1.92. The molecule has 0 saturated carbocycles. The van der Waals surface area contributed by atoms with Crippen molar-refractivity contribution in [3.05, 3.63) is 105 Å². The van der Waals surface area contributed by atoms with Crippen LogP contribution in [0.15, 0.2) is 89.4 Å². The number of fused-ring (bicyclic) bond motifs is 6. The van der Waals surface area contributed by atoms with E-state index in [4.69, 9.17) is 4.74 Å². The summed E-state index contributed by atoms with van der Waals surface area (Å²) in [6.07, 6.45) is 1.86. The predicted molar refractivity (Wildman–Crippen MR) is 161 cm³/mol. The van der Waals surface area contributed by atoms with Crippen molar-refractivity contribution in [1.29, 1.82) is 0 Å². The molecule has 39 heavy (non-hydrogen) atoms. The Bertz CT molecular complexity index is 1760. The molecule has 1 spiro atoms. The topological polar surface area (TPSA) is 46.6 Å². The molecule has 0 amide bonds. The van der Waals surface area contributed by atoms with Gasteiger partial charge in [0.05, 0.1) is 0 Å². The molecule has 0 unspecified atom stereocenters. The summed E-state index contributed by atoms with van der Waals surface area (Å²) in [5.74, 6) is -0.274. The monoisotopic (exact) mass is 657 g/mol. The van der Waals surface area contributed by atoms with Gasteiger partial charge in [-0.1, -0.05) is 0 Å². The summed E-state index contributed by atoms with van der Waals surface area (Å²) in [5, 5.41) is 4.07. The fraction of sp³-hybridized carbons (Fsp3) is 0.125. The molecule has 5 aromatic rings. The quantitative estimate of drug-likeness (QED) is 0.156. The number of Topliss-reactive ketones (excluding diaryl/α,β-unsaturated/α-hetero) is 2. The van der Waals surface area contributed by atoms with Crippen molar-refractivity contribution in [2.24, 2.45) is 0 Å². The molecule has 0 bridgehead atoms. The van der Waals surface area contributed by atoms with Gasteiger partial charge in [0.2, 0.25) is 0 Å². The maximum absolute atomic E-state index is 13.3. The Kier molecular flexibility index (Phi) is 5.50. The average Bonchev–Trinajstić information content (AvgIpc) is 3.69. The number of benzene rings is 3. The van der Waals surface area contributed by atoms with E-state index in [0.717, 1.165) is 35.1 Å². The zero-order chi connectivity index (χ0) is 26.1. The maximum atomic E-state index is 13.3. The third-order valence-corrected chi connectivity index (χ3v) is 17.4. The van der Waals surface area contributed by atoms with Crippen LogP contribution in [0.5, 0.6) is 0 Å². The molecular formula is C32H23NO3Se2Si. The van der Waals surface area contributed by atoms with Crippen LogP contribution in [0.3, 0.4) is 0 Å². The van der Waals surface area contributed by atoms with E-state index < -0.39 is 8.07 Å². The first kappa shape index (κ1) is 23.8. The van der Waals surface area contributed by atoms with Crippen molar-refractivity contribution in [1.82, 2.24) is 0 Å². The Balaban J connectivity index is 1.22. The fourth-order valence-electron chi connectivity index (χ4n) is 6.51. The summed E-state index contributed by atoms with van der Waals surface area (Å²) in [6, 6.07) is 30.3. The molecule has 2 aromatic heterocycles. The van der Waals surface area contributed by atoms with Crippen LogP contribution in [0.2, 0.25) is 12.1 Å². The number of ketones is 2. The number of nitrogens with zero attached hydrogens (tertiary/aromatic N) is 1.